The SMILES string of the molecule is CNCc1cnc(SCC(=O)OC(C)(C)C)c(C)c1. The molecule has 0 aliphatic carbocycles. The molecular weight excluding hydrogens is 260 g/mol. The number of nitrogens with zero attached hydrogens (tertiary/aromatic N) is 1. The summed E-state index contributed by atoms with van der Waals surface area (Å²) >= 11 is 1.42. The Labute approximate surface area is 119 Å². The first-order valence-electron chi connectivity index (χ1n) is 6.26. The number of thioether (sulfide) groups is 1. The van der Waals surface area contributed by atoms with Crippen LogP contribution in [-0.2, 0) is 16.1 Å². The predicted molar refractivity (Wildman–Crippen MR) is 78.3 cm³/mol. The summed E-state index contributed by atoms with van der Waals surface area (Å²) in [4.78, 5) is 16.0. The number of aryl methyl sites for hydroxylation is 1. The largest absolute Gasteiger partial charge is 0.459 e. The summed E-state index contributed by atoms with van der Waals surface area (Å²) in [6, 6.07) is 2.08. The molecule has 0 bridgehead atoms. The van der Waals surface area contributed by atoms with E-state index in [1.165, 1.54) is 11.8 Å². The minimum absolute atomic E-state index is 0.210. The predicted octanol–water partition coefficient (Wildman–Crippen LogP) is 2.54. The molecule has 0 aliphatic rings. The van der Waals surface area contributed by atoms with Crippen molar-refractivity contribution >= 4 is 17.7 Å². The van der Waals surface area contributed by atoms with Crippen LogP contribution in [0.5, 0.6) is 0 Å². The molecule has 1 aromatic rings. The van der Waals surface area contributed by atoms with Gasteiger partial charge in [-0.1, -0.05) is 17.8 Å². The quantitative estimate of drug-likeness (QED) is 0.664. The molecule has 0 fully saturated rings. The zero-order valence-corrected chi connectivity index (χ0v) is 13.1. The smallest absolute Gasteiger partial charge is 0.316 e. The third-order valence-electron chi connectivity index (χ3n) is 2.21. The molecule has 0 aliphatic heterocycles. The van der Waals surface area contributed by atoms with Crippen molar-refractivity contribution in [2.24, 2.45) is 0 Å². The van der Waals surface area contributed by atoms with Gasteiger partial charge in [-0.2, -0.15) is 0 Å². The molecule has 0 amide bonds. The van der Waals surface area contributed by atoms with Crippen LogP contribution in [0.2, 0.25) is 0 Å². The summed E-state index contributed by atoms with van der Waals surface area (Å²) in [6.45, 7) is 8.40. The van der Waals surface area contributed by atoms with Gasteiger partial charge in [-0.25, -0.2) is 4.98 Å². The zero-order chi connectivity index (χ0) is 14.5. The second-order valence-corrected chi connectivity index (χ2v) is 6.34. The average Bonchev–Trinajstić information content (AvgIpc) is 2.26. The number of carbonyl (C=O) groups excluding carboxylic acids is 1. The second-order valence-electron chi connectivity index (χ2n) is 5.37. The van der Waals surface area contributed by atoms with Crippen molar-refractivity contribution in [2.45, 2.75) is 44.9 Å². The van der Waals surface area contributed by atoms with Gasteiger partial charge in [0.2, 0.25) is 0 Å². The number of pyridine rings is 1. The Bertz CT molecular complexity index is 442. The van der Waals surface area contributed by atoms with E-state index >= 15 is 0 Å². The normalized spacial score (nSPS) is 11.4. The van der Waals surface area contributed by atoms with Crippen LogP contribution < -0.4 is 5.32 Å². The van der Waals surface area contributed by atoms with Crippen molar-refractivity contribution in [3.63, 3.8) is 0 Å². The van der Waals surface area contributed by atoms with Crippen LogP contribution >= 0.6 is 11.8 Å². The minimum atomic E-state index is -0.434. The number of rotatable bonds is 5. The van der Waals surface area contributed by atoms with Gasteiger partial charge < -0.3 is 10.1 Å². The molecule has 1 rings (SSSR count). The van der Waals surface area contributed by atoms with Crippen molar-refractivity contribution in [1.29, 1.82) is 0 Å². The molecule has 0 unspecified atom stereocenters. The molecule has 0 saturated carbocycles. The van der Waals surface area contributed by atoms with Crippen LogP contribution in [0.15, 0.2) is 17.3 Å². The van der Waals surface area contributed by atoms with Crippen LogP contribution in [-0.4, -0.2) is 29.4 Å². The lowest BCUT2D eigenvalue weighted by Gasteiger charge is -2.19. The number of aromatic nitrogens is 1. The molecule has 19 heavy (non-hydrogen) atoms. The molecule has 0 spiro atoms. The van der Waals surface area contributed by atoms with Gasteiger partial charge in [0.05, 0.1) is 10.8 Å². The number of carbonyl (C=O) groups is 1. The highest BCUT2D eigenvalue weighted by Crippen LogP contribution is 2.21. The molecule has 0 radical (unpaired) electrons. The van der Waals surface area contributed by atoms with Gasteiger partial charge in [0.1, 0.15) is 5.60 Å². The van der Waals surface area contributed by atoms with E-state index in [1.807, 2.05) is 40.9 Å². The fourth-order valence-electron chi connectivity index (χ4n) is 1.57. The van der Waals surface area contributed by atoms with Crippen molar-refractivity contribution in [1.82, 2.24) is 10.3 Å². The zero-order valence-electron chi connectivity index (χ0n) is 12.2. The van der Waals surface area contributed by atoms with Crippen LogP contribution in [0, 0.1) is 6.92 Å². The van der Waals surface area contributed by atoms with E-state index in [9.17, 15) is 4.79 Å². The topological polar surface area (TPSA) is 51.2 Å². The number of esters is 1. The highest BCUT2D eigenvalue weighted by atomic mass is 32.2. The Morgan fingerprint density at radius 3 is 2.68 bits per heavy atom. The standard InChI is InChI=1S/C14H22N2O2S/c1-10-6-11(7-15-5)8-16-13(10)19-9-12(17)18-14(2,3)4/h6,8,15H,7,9H2,1-5H3. The van der Waals surface area contributed by atoms with E-state index in [-0.39, 0.29) is 11.7 Å². The fourth-order valence-corrected chi connectivity index (χ4v) is 2.30. The Morgan fingerprint density at radius 2 is 2.16 bits per heavy atom. The first-order valence-corrected chi connectivity index (χ1v) is 7.25. The summed E-state index contributed by atoms with van der Waals surface area (Å²) in [6.07, 6.45) is 1.83. The van der Waals surface area contributed by atoms with Crippen LogP contribution in [0.25, 0.3) is 0 Å². The summed E-state index contributed by atoms with van der Waals surface area (Å²) in [5.41, 5.74) is 1.79. The first kappa shape index (κ1) is 16.0. The van der Waals surface area contributed by atoms with Gasteiger partial charge >= 0.3 is 5.97 Å². The molecule has 5 heteroatoms. The third kappa shape index (κ3) is 6.07. The summed E-state index contributed by atoms with van der Waals surface area (Å²) < 4.78 is 5.26. The van der Waals surface area contributed by atoms with E-state index in [4.69, 9.17) is 4.74 Å². The highest BCUT2D eigenvalue weighted by molar-refractivity contribution is 7.99. The number of ether oxygens (including phenoxy) is 1. The monoisotopic (exact) mass is 282 g/mol. The van der Waals surface area contributed by atoms with Gasteiger partial charge in [0.25, 0.3) is 0 Å². The molecular formula is C14H22N2O2S. The van der Waals surface area contributed by atoms with E-state index < -0.39 is 5.60 Å². The van der Waals surface area contributed by atoms with E-state index in [0.717, 1.165) is 22.7 Å². The third-order valence-corrected chi connectivity index (χ3v) is 3.30. The molecule has 106 valence electrons. The number of hydrogen-bond acceptors (Lipinski definition) is 5. The van der Waals surface area contributed by atoms with Gasteiger partial charge in [0.15, 0.2) is 0 Å². The molecule has 0 saturated heterocycles. The van der Waals surface area contributed by atoms with Gasteiger partial charge in [-0.15, -0.1) is 0 Å². The second kappa shape index (κ2) is 6.91. The Kier molecular flexibility index (Phi) is 5.82. The molecule has 1 heterocycles. The Balaban J connectivity index is 2.56. The van der Waals surface area contributed by atoms with Crippen molar-refractivity contribution in [2.75, 3.05) is 12.8 Å². The molecule has 0 aromatic carbocycles. The fraction of sp³-hybridized carbons (Fsp3) is 0.571. The summed E-state index contributed by atoms with van der Waals surface area (Å²) in [7, 11) is 1.90. The maximum Gasteiger partial charge on any atom is 0.316 e. The number of nitrogens with one attached hydrogen (secondary N) is 1. The van der Waals surface area contributed by atoms with E-state index in [1.54, 1.807) is 0 Å². The first-order chi connectivity index (χ1) is 8.81. The summed E-state index contributed by atoms with van der Waals surface area (Å²) in [5, 5.41) is 3.97. The maximum absolute atomic E-state index is 11.6. The van der Waals surface area contributed by atoms with Crippen LogP contribution in [0.3, 0.4) is 0 Å². The Morgan fingerprint density at radius 1 is 1.47 bits per heavy atom. The van der Waals surface area contributed by atoms with Gasteiger partial charge in [-0.05, 0) is 45.9 Å². The van der Waals surface area contributed by atoms with Crippen LogP contribution in [0.4, 0.5) is 0 Å². The molecule has 1 N–H and O–H groups in total. The van der Waals surface area contributed by atoms with Crippen LogP contribution in [0.1, 0.15) is 31.9 Å². The molecule has 1 aromatic heterocycles. The van der Waals surface area contributed by atoms with E-state index in [0.29, 0.717) is 0 Å². The maximum atomic E-state index is 11.6. The Hall–Kier alpha value is -1.07. The lowest BCUT2D eigenvalue weighted by atomic mass is 10.2. The molecule has 4 nitrogen and oxygen atoms in total. The van der Waals surface area contributed by atoms with Crippen molar-refractivity contribution in [3.05, 3.63) is 23.4 Å². The van der Waals surface area contributed by atoms with Gasteiger partial charge in [0, 0.05) is 12.7 Å². The lowest BCUT2D eigenvalue weighted by Crippen LogP contribution is -2.24. The van der Waals surface area contributed by atoms with Crippen molar-refractivity contribution < 1.29 is 9.53 Å². The van der Waals surface area contributed by atoms with Crippen molar-refractivity contribution in [3.8, 4) is 0 Å². The van der Waals surface area contributed by atoms with Gasteiger partial charge in [-0.3, -0.25) is 4.79 Å². The minimum Gasteiger partial charge on any atom is -0.459 e. The summed E-state index contributed by atoms with van der Waals surface area (Å²) in [5.74, 6) is 0.0780. The lowest BCUT2D eigenvalue weighted by molar-refractivity contribution is -0.151. The highest BCUT2D eigenvalue weighted by Gasteiger charge is 2.16. The average molecular weight is 282 g/mol. The van der Waals surface area contributed by atoms with E-state index in [2.05, 4.69) is 16.4 Å². The molecule has 0 atom stereocenters. The number of hydrogen-bond donors (Lipinski definition) is 1.